The lowest BCUT2D eigenvalue weighted by Crippen LogP contribution is -2.41. The standard InChI is InChI=1S/C17H12F3NO2/c18-17(19,20)13-8-5-12(6-9-13)16(23)21-14-4-2-1-3-11(14)7-10-15(21)22/h1-10,15,22H. The Balaban J connectivity index is 1.95. The van der Waals surface area contributed by atoms with Crippen molar-refractivity contribution in [3.63, 3.8) is 0 Å². The maximum atomic E-state index is 12.6. The fourth-order valence-electron chi connectivity index (χ4n) is 2.44. The van der Waals surface area contributed by atoms with Crippen LogP contribution in [0, 0.1) is 0 Å². The molecule has 1 atom stereocenters. The van der Waals surface area contributed by atoms with Crippen LogP contribution in [0.15, 0.2) is 54.6 Å². The summed E-state index contributed by atoms with van der Waals surface area (Å²) in [4.78, 5) is 13.7. The number of hydrogen-bond acceptors (Lipinski definition) is 2. The minimum atomic E-state index is -4.46. The number of nitrogens with zero attached hydrogens (tertiary/aromatic N) is 1. The molecule has 0 aliphatic carbocycles. The van der Waals surface area contributed by atoms with E-state index in [4.69, 9.17) is 0 Å². The average molecular weight is 319 g/mol. The van der Waals surface area contributed by atoms with E-state index in [1.807, 2.05) is 0 Å². The van der Waals surface area contributed by atoms with Crippen LogP contribution in [-0.2, 0) is 6.18 Å². The van der Waals surface area contributed by atoms with Gasteiger partial charge in [-0.25, -0.2) is 0 Å². The quantitative estimate of drug-likeness (QED) is 0.871. The highest BCUT2D eigenvalue weighted by molar-refractivity contribution is 6.08. The van der Waals surface area contributed by atoms with Gasteiger partial charge in [-0.3, -0.25) is 9.69 Å². The van der Waals surface area contributed by atoms with Crippen molar-refractivity contribution in [2.75, 3.05) is 4.90 Å². The molecule has 0 spiro atoms. The smallest absolute Gasteiger partial charge is 0.369 e. The van der Waals surface area contributed by atoms with E-state index in [-0.39, 0.29) is 5.56 Å². The molecule has 1 N–H and O–H groups in total. The molecular formula is C17H12F3NO2. The molecule has 1 aliphatic heterocycles. The lowest BCUT2D eigenvalue weighted by Gasteiger charge is -2.30. The van der Waals surface area contributed by atoms with Crippen LogP contribution in [0.2, 0.25) is 0 Å². The van der Waals surface area contributed by atoms with Crippen LogP contribution in [0.3, 0.4) is 0 Å². The van der Waals surface area contributed by atoms with Crippen molar-refractivity contribution in [2.24, 2.45) is 0 Å². The van der Waals surface area contributed by atoms with Crippen LogP contribution in [0.5, 0.6) is 0 Å². The number of fused-ring (bicyclic) bond motifs is 1. The normalized spacial score (nSPS) is 17.0. The van der Waals surface area contributed by atoms with Gasteiger partial charge in [0.1, 0.15) is 0 Å². The number of anilines is 1. The molecule has 3 rings (SSSR count). The monoisotopic (exact) mass is 319 g/mol. The zero-order valence-electron chi connectivity index (χ0n) is 11.8. The summed E-state index contributed by atoms with van der Waals surface area (Å²) < 4.78 is 37.8. The molecule has 6 heteroatoms. The largest absolute Gasteiger partial charge is 0.416 e. The first-order valence-corrected chi connectivity index (χ1v) is 6.84. The molecule has 3 nitrogen and oxygen atoms in total. The van der Waals surface area contributed by atoms with Crippen molar-refractivity contribution in [3.8, 4) is 0 Å². The molecule has 118 valence electrons. The van der Waals surface area contributed by atoms with Gasteiger partial charge >= 0.3 is 6.18 Å². The molecule has 23 heavy (non-hydrogen) atoms. The molecule has 2 aromatic rings. The first kappa shape index (κ1) is 15.3. The number of amides is 1. The molecule has 0 saturated heterocycles. The number of carbonyl (C=O) groups excluding carboxylic acids is 1. The van der Waals surface area contributed by atoms with Crippen molar-refractivity contribution in [1.29, 1.82) is 0 Å². The molecule has 1 amide bonds. The highest BCUT2D eigenvalue weighted by Crippen LogP contribution is 2.31. The third kappa shape index (κ3) is 2.85. The summed E-state index contributed by atoms with van der Waals surface area (Å²) in [6.07, 6.45) is -2.48. The van der Waals surface area contributed by atoms with E-state index in [0.29, 0.717) is 5.69 Å². The number of aliphatic hydroxyl groups is 1. The highest BCUT2D eigenvalue weighted by atomic mass is 19.4. The van der Waals surface area contributed by atoms with Gasteiger partial charge in [-0.1, -0.05) is 24.3 Å². The third-order valence-corrected chi connectivity index (χ3v) is 3.59. The molecule has 2 aromatic carbocycles. The molecule has 0 radical (unpaired) electrons. The van der Waals surface area contributed by atoms with Crippen LogP contribution in [0.1, 0.15) is 21.5 Å². The fraction of sp³-hybridized carbons (Fsp3) is 0.118. The third-order valence-electron chi connectivity index (χ3n) is 3.59. The Kier molecular flexibility index (Phi) is 3.69. The van der Waals surface area contributed by atoms with Crippen molar-refractivity contribution < 1.29 is 23.1 Å². The first-order chi connectivity index (χ1) is 10.9. The number of rotatable bonds is 1. The lowest BCUT2D eigenvalue weighted by molar-refractivity contribution is -0.137. The second kappa shape index (κ2) is 5.55. The predicted octanol–water partition coefficient (Wildman–Crippen LogP) is 3.70. The fourth-order valence-corrected chi connectivity index (χ4v) is 2.44. The summed E-state index contributed by atoms with van der Waals surface area (Å²) in [5, 5.41) is 10.1. The Morgan fingerprint density at radius 1 is 1.04 bits per heavy atom. The van der Waals surface area contributed by atoms with Gasteiger partial charge in [-0.05, 0) is 42.0 Å². The number of halogens is 3. The Morgan fingerprint density at radius 2 is 1.70 bits per heavy atom. The second-order valence-electron chi connectivity index (χ2n) is 5.08. The van der Waals surface area contributed by atoms with Gasteiger partial charge in [0.2, 0.25) is 0 Å². The molecule has 0 bridgehead atoms. The summed E-state index contributed by atoms with van der Waals surface area (Å²) in [7, 11) is 0. The molecule has 1 aliphatic rings. The number of benzene rings is 2. The molecule has 0 aromatic heterocycles. The van der Waals surface area contributed by atoms with Gasteiger partial charge in [0.05, 0.1) is 11.3 Å². The van der Waals surface area contributed by atoms with Crippen molar-refractivity contribution in [2.45, 2.75) is 12.4 Å². The lowest BCUT2D eigenvalue weighted by atomic mass is 10.0. The Labute approximate surface area is 130 Å². The van der Waals surface area contributed by atoms with Crippen LogP contribution in [0.4, 0.5) is 18.9 Å². The number of para-hydroxylation sites is 1. The Hall–Kier alpha value is -2.60. The summed E-state index contributed by atoms with van der Waals surface area (Å²) in [6, 6.07) is 10.9. The number of alkyl halides is 3. The van der Waals surface area contributed by atoms with Gasteiger partial charge in [-0.2, -0.15) is 13.2 Å². The summed E-state index contributed by atoms with van der Waals surface area (Å²) in [5.74, 6) is -0.567. The topological polar surface area (TPSA) is 40.5 Å². The van der Waals surface area contributed by atoms with E-state index < -0.39 is 23.9 Å². The zero-order valence-corrected chi connectivity index (χ0v) is 11.8. The average Bonchev–Trinajstić information content (AvgIpc) is 2.53. The van der Waals surface area contributed by atoms with Crippen molar-refractivity contribution in [3.05, 3.63) is 71.3 Å². The van der Waals surface area contributed by atoms with Crippen LogP contribution in [-0.4, -0.2) is 17.2 Å². The Morgan fingerprint density at radius 3 is 2.35 bits per heavy atom. The minimum absolute atomic E-state index is 0.0714. The van der Waals surface area contributed by atoms with Gasteiger partial charge < -0.3 is 5.11 Å². The van der Waals surface area contributed by atoms with Gasteiger partial charge in [0, 0.05) is 5.56 Å². The number of carbonyl (C=O) groups is 1. The SMILES string of the molecule is O=C(c1ccc(C(F)(F)F)cc1)N1c2ccccc2C=CC1O. The van der Waals surface area contributed by atoms with Gasteiger partial charge in [0.25, 0.3) is 5.91 Å². The Bertz CT molecular complexity index is 766. The molecule has 1 unspecified atom stereocenters. The second-order valence-corrected chi connectivity index (χ2v) is 5.08. The van der Waals surface area contributed by atoms with Crippen LogP contribution in [0.25, 0.3) is 6.08 Å². The first-order valence-electron chi connectivity index (χ1n) is 6.84. The molecular weight excluding hydrogens is 307 g/mol. The minimum Gasteiger partial charge on any atom is -0.369 e. The van der Waals surface area contributed by atoms with E-state index in [9.17, 15) is 23.1 Å². The summed E-state index contributed by atoms with van der Waals surface area (Å²) >= 11 is 0. The van der Waals surface area contributed by atoms with E-state index in [1.165, 1.54) is 6.08 Å². The predicted molar refractivity (Wildman–Crippen MR) is 79.7 cm³/mol. The molecule has 0 fully saturated rings. The van der Waals surface area contributed by atoms with Crippen molar-refractivity contribution >= 4 is 17.7 Å². The maximum Gasteiger partial charge on any atom is 0.416 e. The number of aliphatic hydroxyl groups excluding tert-OH is 1. The van der Waals surface area contributed by atoms with E-state index in [0.717, 1.165) is 34.7 Å². The van der Waals surface area contributed by atoms with E-state index >= 15 is 0 Å². The van der Waals surface area contributed by atoms with E-state index in [2.05, 4.69) is 0 Å². The summed E-state index contributed by atoms with van der Waals surface area (Å²) in [6.45, 7) is 0. The van der Waals surface area contributed by atoms with Crippen molar-refractivity contribution in [1.82, 2.24) is 0 Å². The zero-order chi connectivity index (χ0) is 16.6. The maximum absolute atomic E-state index is 12.6. The molecule has 1 heterocycles. The molecule has 0 saturated carbocycles. The highest BCUT2D eigenvalue weighted by Gasteiger charge is 2.31. The summed E-state index contributed by atoms with van der Waals surface area (Å²) in [5.41, 5.74) is 0.501. The van der Waals surface area contributed by atoms with Gasteiger partial charge in [0.15, 0.2) is 6.23 Å². The van der Waals surface area contributed by atoms with E-state index in [1.54, 1.807) is 30.3 Å². The van der Waals surface area contributed by atoms with Crippen LogP contribution >= 0.6 is 0 Å². The van der Waals surface area contributed by atoms with Gasteiger partial charge in [-0.15, -0.1) is 0 Å². The van der Waals surface area contributed by atoms with Crippen LogP contribution < -0.4 is 4.90 Å². The number of hydrogen-bond donors (Lipinski definition) is 1.